The lowest BCUT2D eigenvalue weighted by Crippen LogP contribution is -2.56. The summed E-state index contributed by atoms with van der Waals surface area (Å²) in [5.41, 5.74) is 1.47. The van der Waals surface area contributed by atoms with Crippen molar-refractivity contribution in [3.05, 3.63) is 70.2 Å². The molecule has 0 aliphatic carbocycles. The number of benzene rings is 2. The maximum absolute atomic E-state index is 13.0. The van der Waals surface area contributed by atoms with Crippen LogP contribution in [0.5, 0.6) is 0 Å². The fourth-order valence-electron chi connectivity index (χ4n) is 2.85. The molecular weight excluding hydrogens is 354 g/mol. The van der Waals surface area contributed by atoms with Gasteiger partial charge in [0.1, 0.15) is 6.10 Å². The van der Waals surface area contributed by atoms with E-state index >= 15 is 0 Å². The Morgan fingerprint density at radius 2 is 1.91 bits per heavy atom. The Morgan fingerprint density at radius 3 is 2.61 bits per heavy atom. The molecule has 120 valence electrons. The summed E-state index contributed by atoms with van der Waals surface area (Å²) in [4.78, 5) is 14.9. The molecule has 1 heterocycles. The molecule has 1 unspecified atom stereocenters. The highest BCUT2D eigenvalue weighted by Crippen LogP contribution is 2.31. The van der Waals surface area contributed by atoms with Crippen molar-refractivity contribution in [2.24, 2.45) is 0 Å². The summed E-state index contributed by atoms with van der Waals surface area (Å²) >= 11 is 3.44. The van der Waals surface area contributed by atoms with Gasteiger partial charge in [-0.1, -0.05) is 52.3 Å². The second-order valence-electron chi connectivity index (χ2n) is 6.45. The molecule has 0 saturated carbocycles. The van der Waals surface area contributed by atoms with E-state index in [0.717, 1.165) is 10.0 Å². The fraction of sp³-hybridized carbons (Fsp3) is 0.316. The number of hydrogen-bond donors (Lipinski definition) is 0. The van der Waals surface area contributed by atoms with E-state index < -0.39 is 0 Å². The van der Waals surface area contributed by atoms with Gasteiger partial charge in [0.05, 0.1) is 18.7 Å². The van der Waals surface area contributed by atoms with Crippen molar-refractivity contribution < 1.29 is 9.53 Å². The molecule has 0 spiro atoms. The number of rotatable bonds is 2. The van der Waals surface area contributed by atoms with Gasteiger partial charge in [0.15, 0.2) is 0 Å². The van der Waals surface area contributed by atoms with E-state index in [4.69, 9.17) is 4.74 Å². The lowest BCUT2D eigenvalue weighted by molar-refractivity contribution is -0.0846. The number of ether oxygens (including phenoxy) is 1. The number of morpholine rings is 1. The minimum atomic E-state index is -0.329. The van der Waals surface area contributed by atoms with Gasteiger partial charge in [-0.3, -0.25) is 4.79 Å². The van der Waals surface area contributed by atoms with Crippen LogP contribution in [0.2, 0.25) is 0 Å². The molecule has 1 amide bonds. The minimum absolute atomic E-state index is 0.0422. The Hall–Kier alpha value is -1.65. The third kappa shape index (κ3) is 3.48. The smallest absolute Gasteiger partial charge is 0.254 e. The Balaban J connectivity index is 1.87. The highest BCUT2D eigenvalue weighted by atomic mass is 79.9. The van der Waals surface area contributed by atoms with E-state index in [-0.39, 0.29) is 17.6 Å². The molecule has 1 aliphatic heterocycles. The predicted molar refractivity (Wildman–Crippen MR) is 94.4 cm³/mol. The maximum atomic E-state index is 13.0. The number of hydrogen-bond acceptors (Lipinski definition) is 2. The normalized spacial score (nSPS) is 20.3. The summed E-state index contributed by atoms with van der Waals surface area (Å²) in [6.45, 7) is 5.17. The average molecular weight is 374 g/mol. The highest BCUT2D eigenvalue weighted by molar-refractivity contribution is 9.10. The summed E-state index contributed by atoms with van der Waals surface area (Å²) in [6.07, 6.45) is -0.0830. The van der Waals surface area contributed by atoms with Gasteiger partial charge in [0, 0.05) is 10.0 Å². The van der Waals surface area contributed by atoms with E-state index in [9.17, 15) is 4.79 Å². The first-order valence-electron chi connectivity index (χ1n) is 7.71. The lowest BCUT2D eigenvalue weighted by atomic mass is 9.97. The average Bonchev–Trinajstić information content (AvgIpc) is 2.55. The van der Waals surface area contributed by atoms with E-state index in [2.05, 4.69) is 15.9 Å². The number of carbonyl (C=O) groups is 1. The summed E-state index contributed by atoms with van der Waals surface area (Å²) < 4.78 is 6.93. The molecule has 4 heteroatoms. The summed E-state index contributed by atoms with van der Waals surface area (Å²) in [5, 5.41) is 0. The third-order valence-corrected chi connectivity index (χ3v) is 4.70. The van der Waals surface area contributed by atoms with Crippen molar-refractivity contribution in [1.82, 2.24) is 4.90 Å². The number of carbonyl (C=O) groups excluding carboxylic acids is 1. The van der Waals surface area contributed by atoms with Crippen molar-refractivity contribution in [3.8, 4) is 0 Å². The molecule has 3 rings (SSSR count). The van der Waals surface area contributed by atoms with Gasteiger partial charge in [-0.05, 0) is 37.6 Å². The minimum Gasteiger partial charge on any atom is -0.369 e. The molecule has 0 bridgehead atoms. The van der Waals surface area contributed by atoms with Crippen LogP contribution >= 0.6 is 15.9 Å². The largest absolute Gasteiger partial charge is 0.369 e. The standard InChI is InChI=1S/C19H20BrNO2/c1-19(2)13-23-17(14-7-4-3-5-8-14)12-21(19)18(22)15-9-6-10-16(20)11-15/h3-11,17H,12-13H2,1-2H3. The van der Waals surface area contributed by atoms with Crippen LogP contribution in [0.15, 0.2) is 59.1 Å². The van der Waals surface area contributed by atoms with Crippen LogP contribution in [-0.2, 0) is 4.74 Å². The molecule has 3 nitrogen and oxygen atoms in total. The van der Waals surface area contributed by atoms with E-state index in [1.807, 2.05) is 73.3 Å². The molecule has 2 aromatic carbocycles. The molecule has 0 radical (unpaired) electrons. The number of amides is 1. The molecule has 1 aliphatic rings. The van der Waals surface area contributed by atoms with Gasteiger partial charge < -0.3 is 9.64 Å². The maximum Gasteiger partial charge on any atom is 0.254 e. The molecule has 0 aromatic heterocycles. The molecule has 1 atom stereocenters. The Morgan fingerprint density at radius 1 is 1.17 bits per heavy atom. The zero-order chi connectivity index (χ0) is 16.4. The molecule has 1 saturated heterocycles. The first-order valence-corrected chi connectivity index (χ1v) is 8.51. The molecular formula is C19H20BrNO2. The van der Waals surface area contributed by atoms with Gasteiger partial charge in [0.25, 0.3) is 5.91 Å². The van der Waals surface area contributed by atoms with Crippen molar-refractivity contribution >= 4 is 21.8 Å². The van der Waals surface area contributed by atoms with Crippen LogP contribution in [0.3, 0.4) is 0 Å². The molecule has 2 aromatic rings. The quantitative estimate of drug-likeness (QED) is 0.778. The Labute approximate surface area is 145 Å². The van der Waals surface area contributed by atoms with Gasteiger partial charge in [-0.25, -0.2) is 0 Å². The lowest BCUT2D eigenvalue weighted by Gasteiger charge is -2.45. The fourth-order valence-corrected chi connectivity index (χ4v) is 3.25. The second-order valence-corrected chi connectivity index (χ2v) is 7.36. The van der Waals surface area contributed by atoms with E-state index in [0.29, 0.717) is 18.7 Å². The van der Waals surface area contributed by atoms with Crippen LogP contribution in [0.4, 0.5) is 0 Å². The van der Waals surface area contributed by atoms with Crippen molar-refractivity contribution in [3.63, 3.8) is 0 Å². The van der Waals surface area contributed by atoms with Crippen LogP contribution < -0.4 is 0 Å². The zero-order valence-electron chi connectivity index (χ0n) is 13.3. The summed E-state index contributed by atoms with van der Waals surface area (Å²) in [5.74, 6) is 0.0422. The summed E-state index contributed by atoms with van der Waals surface area (Å²) in [7, 11) is 0. The number of halogens is 1. The van der Waals surface area contributed by atoms with Crippen LogP contribution in [0, 0.1) is 0 Å². The van der Waals surface area contributed by atoms with Crippen molar-refractivity contribution in [2.75, 3.05) is 13.2 Å². The van der Waals surface area contributed by atoms with Crippen LogP contribution in [0.25, 0.3) is 0 Å². The first-order chi connectivity index (χ1) is 11.0. The third-order valence-electron chi connectivity index (χ3n) is 4.20. The van der Waals surface area contributed by atoms with Gasteiger partial charge in [0.2, 0.25) is 0 Å². The van der Waals surface area contributed by atoms with E-state index in [1.165, 1.54) is 0 Å². The van der Waals surface area contributed by atoms with Crippen molar-refractivity contribution in [2.45, 2.75) is 25.5 Å². The zero-order valence-corrected chi connectivity index (χ0v) is 14.9. The van der Waals surface area contributed by atoms with Crippen molar-refractivity contribution in [1.29, 1.82) is 0 Å². The molecule has 23 heavy (non-hydrogen) atoms. The van der Waals surface area contributed by atoms with Gasteiger partial charge in [-0.2, -0.15) is 0 Å². The molecule has 0 N–H and O–H groups in total. The monoisotopic (exact) mass is 373 g/mol. The number of nitrogens with zero attached hydrogens (tertiary/aromatic N) is 1. The summed E-state index contributed by atoms with van der Waals surface area (Å²) in [6, 6.07) is 17.6. The van der Waals surface area contributed by atoms with E-state index in [1.54, 1.807) is 0 Å². The topological polar surface area (TPSA) is 29.5 Å². The van der Waals surface area contributed by atoms with Gasteiger partial charge >= 0.3 is 0 Å². The Bertz CT molecular complexity index is 700. The van der Waals surface area contributed by atoms with Gasteiger partial charge in [-0.15, -0.1) is 0 Å². The van der Waals surface area contributed by atoms with Crippen LogP contribution in [0.1, 0.15) is 35.9 Å². The Kier molecular flexibility index (Phi) is 4.55. The highest BCUT2D eigenvalue weighted by Gasteiger charge is 2.38. The van der Waals surface area contributed by atoms with Crippen LogP contribution in [-0.4, -0.2) is 29.5 Å². The molecule has 1 fully saturated rings. The first kappa shape index (κ1) is 16.2. The SMILES string of the molecule is CC1(C)COC(c2ccccc2)CN1C(=O)c1cccc(Br)c1. The second kappa shape index (κ2) is 6.46. The predicted octanol–water partition coefficient (Wildman–Crippen LogP) is 4.44.